The van der Waals surface area contributed by atoms with Crippen molar-refractivity contribution in [3.8, 4) is 11.4 Å². The van der Waals surface area contributed by atoms with Crippen molar-refractivity contribution in [2.24, 2.45) is 0 Å². The SMILES string of the molecule is C[C@H](CCc1ccccc1)NC(=O)CCc1nc(-c2ccccc2)no1. The van der Waals surface area contributed by atoms with Crippen LogP contribution in [0.25, 0.3) is 11.4 Å². The maximum atomic E-state index is 12.1. The summed E-state index contributed by atoms with van der Waals surface area (Å²) in [4.78, 5) is 16.5. The number of aromatic nitrogens is 2. The first kappa shape index (κ1) is 17.9. The van der Waals surface area contributed by atoms with E-state index in [1.165, 1.54) is 5.56 Å². The van der Waals surface area contributed by atoms with Gasteiger partial charge in [-0.25, -0.2) is 0 Å². The highest BCUT2D eigenvalue weighted by molar-refractivity contribution is 5.76. The van der Waals surface area contributed by atoms with Gasteiger partial charge < -0.3 is 9.84 Å². The molecule has 3 aromatic rings. The Bertz CT molecular complexity index is 816. The van der Waals surface area contributed by atoms with E-state index >= 15 is 0 Å². The third kappa shape index (κ3) is 5.28. The number of carbonyl (C=O) groups excluding carboxylic acids is 1. The average Bonchev–Trinajstić information content (AvgIpc) is 3.15. The molecule has 1 heterocycles. The smallest absolute Gasteiger partial charge is 0.227 e. The van der Waals surface area contributed by atoms with E-state index in [4.69, 9.17) is 4.52 Å². The fourth-order valence-electron chi connectivity index (χ4n) is 2.73. The van der Waals surface area contributed by atoms with Gasteiger partial charge in [0, 0.05) is 24.4 Å². The Balaban J connectivity index is 1.42. The predicted molar refractivity (Wildman–Crippen MR) is 100 cm³/mol. The summed E-state index contributed by atoms with van der Waals surface area (Å²) in [5.74, 6) is 1.04. The molecule has 0 spiro atoms. The largest absolute Gasteiger partial charge is 0.354 e. The van der Waals surface area contributed by atoms with Crippen molar-refractivity contribution in [2.45, 2.75) is 38.6 Å². The number of hydrogen-bond donors (Lipinski definition) is 1. The molecule has 0 aliphatic rings. The van der Waals surface area contributed by atoms with E-state index in [-0.39, 0.29) is 11.9 Å². The second kappa shape index (κ2) is 8.94. The minimum atomic E-state index is 0.00465. The van der Waals surface area contributed by atoms with Crippen LogP contribution in [0, 0.1) is 0 Å². The van der Waals surface area contributed by atoms with Gasteiger partial charge in [0.1, 0.15) is 0 Å². The first-order valence-electron chi connectivity index (χ1n) is 8.92. The summed E-state index contributed by atoms with van der Waals surface area (Å²) in [6, 6.07) is 20.1. The van der Waals surface area contributed by atoms with E-state index < -0.39 is 0 Å². The van der Waals surface area contributed by atoms with Gasteiger partial charge in [0.05, 0.1) is 0 Å². The third-order valence-electron chi connectivity index (χ3n) is 4.18. The number of aryl methyl sites for hydroxylation is 2. The molecule has 134 valence electrons. The molecule has 0 aliphatic heterocycles. The number of rotatable bonds is 8. The Hall–Kier alpha value is -2.95. The van der Waals surface area contributed by atoms with Crippen LogP contribution in [0.4, 0.5) is 0 Å². The molecule has 0 aliphatic carbocycles. The van der Waals surface area contributed by atoms with Crippen molar-refractivity contribution in [3.63, 3.8) is 0 Å². The monoisotopic (exact) mass is 349 g/mol. The lowest BCUT2D eigenvalue weighted by atomic mass is 10.1. The molecule has 26 heavy (non-hydrogen) atoms. The van der Waals surface area contributed by atoms with Crippen molar-refractivity contribution < 1.29 is 9.32 Å². The maximum absolute atomic E-state index is 12.1. The second-order valence-electron chi connectivity index (χ2n) is 6.37. The Morgan fingerprint density at radius 1 is 1.04 bits per heavy atom. The normalized spacial score (nSPS) is 11.9. The molecule has 2 aromatic carbocycles. The molecule has 1 N–H and O–H groups in total. The first-order chi connectivity index (χ1) is 12.7. The lowest BCUT2D eigenvalue weighted by Crippen LogP contribution is -2.33. The third-order valence-corrected chi connectivity index (χ3v) is 4.18. The van der Waals surface area contributed by atoms with Gasteiger partial charge in [-0.3, -0.25) is 4.79 Å². The van der Waals surface area contributed by atoms with Crippen LogP contribution >= 0.6 is 0 Å². The molecule has 1 atom stereocenters. The fraction of sp³-hybridized carbons (Fsp3) is 0.286. The van der Waals surface area contributed by atoms with Gasteiger partial charge in [0.15, 0.2) is 0 Å². The van der Waals surface area contributed by atoms with Crippen molar-refractivity contribution in [2.75, 3.05) is 0 Å². The predicted octanol–water partition coefficient (Wildman–Crippen LogP) is 3.81. The first-order valence-corrected chi connectivity index (χ1v) is 8.92. The number of carbonyl (C=O) groups is 1. The Morgan fingerprint density at radius 3 is 2.46 bits per heavy atom. The van der Waals surface area contributed by atoms with E-state index in [9.17, 15) is 4.79 Å². The summed E-state index contributed by atoms with van der Waals surface area (Å²) in [5, 5.41) is 7.00. The van der Waals surface area contributed by atoms with Crippen molar-refractivity contribution in [1.29, 1.82) is 0 Å². The lowest BCUT2D eigenvalue weighted by molar-refractivity contribution is -0.121. The van der Waals surface area contributed by atoms with E-state index in [0.717, 1.165) is 18.4 Å². The number of amides is 1. The highest BCUT2D eigenvalue weighted by Gasteiger charge is 2.12. The summed E-state index contributed by atoms with van der Waals surface area (Å²) >= 11 is 0. The molecular weight excluding hydrogens is 326 g/mol. The highest BCUT2D eigenvalue weighted by Crippen LogP contribution is 2.15. The zero-order valence-electron chi connectivity index (χ0n) is 14.9. The number of nitrogens with zero attached hydrogens (tertiary/aromatic N) is 2. The standard InChI is InChI=1S/C21H23N3O2/c1-16(12-13-17-8-4-2-5-9-17)22-19(25)14-15-20-23-21(24-26-20)18-10-6-3-7-11-18/h2-11,16H,12-15H2,1H3,(H,22,25)/t16-/m1/s1. The topological polar surface area (TPSA) is 68.0 Å². The molecule has 0 saturated heterocycles. The number of nitrogens with one attached hydrogen (secondary N) is 1. The molecular formula is C21H23N3O2. The van der Waals surface area contributed by atoms with Gasteiger partial charge in [0.25, 0.3) is 0 Å². The molecule has 1 amide bonds. The van der Waals surface area contributed by atoms with Crippen LogP contribution in [0.5, 0.6) is 0 Å². The van der Waals surface area contributed by atoms with E-state index in [1.54, 1.807) is 0 Å². The Kier molecular flexibility index (Phi) is 6.14. The highest BCUT2D eigenvalue weighted by atomic mass is 16.5. The van der Waals surface area contributed by atoms with Crippen LogP contribution < -0.4 is 5.32 Å². The second-order valence-corrected chi connectivity index (χ2v) is 6.37. The van der Waals surface area contributed by atoms with Crippen molar-refractivity contribution in [1.82, 2.24) is 15.5 Å². The summed E-state index contributed by atoms with van der Waals surface area (Å²) in [6.07, 6.45) is 2.64. The molecule has 3 rings (SSSR count). The van der Waals surface area contributed by atoms with Crippen LogP contribution in [-0.4, -0.2) is 22.1 Å². The van der Waals surface area contributed by atoms with Gasteiger partial charge in [-0.1, -0.05) is 65.8 Å². The maximum Gasteiger partial charge on any atom is 0.227 e. The minimum Gasteiger partial charge on any atom is -0.354 e. The van der Waals surface area contributed by atoms with Gasteiger partial charge in [0.2, 0.25) is 17.6 Å². The molecule has 0 radical (unpaired) electrons. The molecule has 1 aromatic heterocycles. The van der Waals surface area contributed by atoms with E-state index in [0.29, 0.717) is 24.6 Å². The molecule has 0 fully saturated rings. The molecule has 5 nitrogen and oxygen atoms in total. The average molecular weight is 349 g/mol. The van der Waals surface area contributed by atoms with Crippen LogP contribution in [0.1, 0.15) is 31.2 Å². The zero-order chi connectivity index (χ0) is 18.2. The summed E-state index contributed by atoms with van der Waals surface area (Å²) in [6.45, 7) is 2.03. The van der Waals surface area contributed by atoms with Gasteiger partial charge in [-0.15, -0.1) is 0 Å². The van der Waals surface area contributed by atoms with Gasteiger partial charge in [-0.2, -0.15) is 4.98 Å². The van der Waals surface area contributed by atoms with Crippen LogP contribution in [0.3, 0.4) is 0 Å². The molecule has 0 bridgehead atoms. The molecule has 0 unspecified atom stereocenters. The van der Waals surface area contributed by atoms with Gasteiger partial charge in [-0.05, 0) is 25.3 Å². The molecule has 5 heteroatoms. The summed E-state index contributed by atoms with van der Waals surface area (Å²) in [7, 11) is 0. The summed E-state index contributed by atoms with van der Waals surface area (Å²) < 4.78 is 5.24. The van der Waals surface area contributed by atoms with E-state index in [1.807, 2.05) is 55.5 Å². The van der Waals surface area contributed by atoms with Crippen LogP contribution in [-0.2, 0) is 17.6 Å². The Morgan fingerprint density at radius 2 is 1.73 bits per heavy atom. The number of hydrogen-bond acceptors (Lipinski definition) is 4. The summed E-state index contributed by atoms with van der Waals surface area (Å²) in [5.41, 5.74) is 2.19. The van der Waals surface area contributed by atoms with Crippen LogP contribution in [0.2, 0.25) is 0 Å². The van der Waals surface area contributed by atoms with E-state index in [2.05, 4.69) is 27.6 Å². The quantitative estimate of drug-likeness (QED) is 0.671. The lowest BCUT2D eigenvalue weighted by Gasteiger charge is -2.13. The van der Waals surface area contributed by atoms with Crippen LogP contribution in [0.15, 0.2) is 65.2 Å². The van der Waals surface area contributed by atoms with Gasteiger partial charge >= 0.3 is 0 Å². The molecule has 0 saturated carbocycles. The van der Waals surface area contributed by atoms with Crippen molar-refractivity contribution in [3.05, 3.63) is 72.1 Å². The minimum absolute atomic E-state index is 0.00465. The zero-order valence-corrected chi connectivity index (χ0v) is 14.9. The fourth-order valence-corrected chi connectivity index (χ4v) is 2.73. The number of benzene rings is 2. The van der Waals surface area contributed by atoms with Crippen molar-refractivity contribution >= 4 is 5.91 Å². The Labute approximate surface area is 153 Å².